The molecule has 0 unspecified atom stereocenters. The molecule has 21 heavy (non-hydrogen) atoms. The monoisotopic (exact) mass is 373 g/mol. The normalized spacial score (nSPS) is 15.6. The Morgan fingerprint density at radius 1 is 1.33 bits per heavy atom. The standard InChI is InChI=1S/C14H13BrFNO3S/c1-7-12(15)10(16)5-8-6-11(21(2,19)20)14(18)17(13(7)8)9-3-4-9/h5-6,9H,3-4H2,1-2H3. The zero-order valence-corrected chi connectivity index (χ0v) is 13.9. The summed E-state index contributed by atoms with van der Waals surface area (Å²) in [6.45, 7) is 1.72. The fourth-order valence-electron chi connectivity index (χ4n) is 2.57. The van der Waals surface area contributed by atoms with Crippen LogP contribution in [0, 0.1) is 12.7 Å². The van der Waals surface area contributed by atoms with Crippen molar-refractivity contribution in [3.05, 3.63) is 38.3 Å². The van der Waals surface area contributed by atoms with E-state index in [2.05, 4.69) is 15.9 Å². The fraction of sp³-hybridized carbons (Fsp3) is 0.357. The van der Waals surface area contributed by atoms with E-state index in [9.17, 15) is 17.6 Å². The highest BCUT2D eigenvalue weighted by molar-refractivity contribution is 9.10. The quantitative estimate of drug-likeness (QED) is 0.812. The summed E-state index contributed by atoms with van der Waals surface area (Å²) in [6, 6.07) is 2.53. The molecule has 0 N–H and O–H groups in total. The van der Waals surface area contributed by atoms with Gasteiger partial charge in [-0.1, -0.05) is 0 Å². The summed E-state index contributed by atoms with van der Waals surface area (Å²) in [4.78, 5) is 12.3. The Balaban J connectivity index is 2.56. The highest BCUT2D eigenvalue weighted by Crippen LogP contribution is 2.38. The van der Waals surface area contributed by atoms with Crippen LogP contribution in [0.15, 0.2) is 26.3 Å². The van der Waals surface area contributed by atoms with Gasteiger partial charge in [-0.15, -0.1) is 0 Å². The van der Waals surface area contributed by atoms with Crippen LogP contribution >= 0.6 is 15.9 Å². The molecule has 112 valence electrons. The highest BCUT2D eigenvalue weighted by Gasteiger charge is 2.30. The Morgan fingerprint density at radius 2 is 1.95 bits per heavy atom. The molecule has 1 aliphatic carbocycles. The topological polar surface area (TPSA) is 56.1 Å². The largest absolute Gasteiger partial charge is 0.304 e. The van der Waals surface area contributed by atoms with Crippen molar-refractivity contribution in [1.29, 1.82) is 0 Å². The number of hydrogen-bond acceptors (Lipinski definition) is 3. The van der Waals surface area contributed by atoms with Gasteiger partial charge in [-0.2, -0.15) is 0 Å². The molecule has 7 heteroatoms. The minimum atomic E-state index is -3.66. The van der Waals surface area contributed by atoms with E-state index in [4.69, 9.17) is 0 Å². The minimum Gasteiger partial charge on any atom is -0.304 e. The Hall–Kier alpha value is -1.21. The predicted molar refractivity (Wildman–Crippen MR) is 82.0 cm³/mol. The van der Waals surface area contributed by atoms with Gasteiger partial charge in [0.1, 0.15) is 10.7 Å². The number of pyridine rings is 1. The summed E-state index contributed by atoms with van der Waals surface area (Å²) in [5.41, 5.74) is 0.686. The molecule has 0 radical (unpaired) electrons. The smallest absolute Gasteiger partial charge is 0.270 e. The molecule has 0 spiro atoms. The van der Waals surface area contributed by atoms with E-state index in [1.165, 1.54) is 16.7 Å². The van der Waals surface area contributed by atoms with Crippen LogP contribution in [-0.4, -0.2) is 19.2 Å². The van der Waals surface area contributed by atoms with Gasteiger partial charge in [-0.3, -0.25) is 4.79 Å². The van der Waals surface area contributed by atoms with E-state index in [1.54, 1.807) is 6.92 Å². The third-order valence-electron chi connectivity index (χ3n) is 3.72. The van der Waals surface area contributed by atoms with Gasteiger partial charge >= 0.3 is 0 Å². The Bertz CT molecular complexity index is 930. The van der Waals surface area contributed by atoms with Crippen molar-refractivity contribution in [1.82, 2.24) is 4.57 Å². The van der Waals surface area contributed by atoms with Gasteiger partial charge in [0.05, 0.1) is 9.99 Å². The maximum absolute atomic E-state index is 13.9. The van der Waals surface area contributed by atoms with Crippen molar-refractivity contribution in [2.75, 3.05) is 6.26 Å². The second-order valence-corrected chi connectivity index (χ2v) is 8.20. The van der Waals surface area contributed by atoms with Crippen molar-refractivity contribution < 1.29 is 12.8 Å². The van der Waals surface area contributed by atoms with Crippen LogP contribution in [-0.2, 0) is 9.84 Å². The molecule has 1 aliphatic rings. The number of benzene rings is 1. The van der Waals surface area contributed by atoms with E-state index < -0.39 is 21.2 Å². The lowest BCUT2D eigenvalue weighted by Crippen LogP contribution is -2.26. The number of aryl methyl sites for hydroxylation is 1. The molecule has 4 nitrogen and oxygen atoms in total. The van der Waals surface area contributed by atoms with Crippen molar-refractivity contribution in [2.24, 2.45) is 0 Å². The lowest BCUT2D eigenvalue weighted by atomic mass is 10.1. The van der Waals surface area contributed by atoms with Gasteiger partial charge in [0.15, 0.2) is 9.84 Å². The Labute approximate surface area is 129 Å². The summed E-state index contributed by atoms with van der Waals surface area (Å²) in [5.74, 6) is -0.472. The number of sulfone groups is 1. The molecule has 0 saturated heterocycles. The van der Waals surface area contributed by atoms with Gasteiger partial charge in [0.2, 0.25) is 0 Å². The first-order chi connectivity index (χ1) is 9.71. The SMILES string of the molecule is Cc1c(Br)c(F)cc2cc(S(C)(=O)=O)c(=O)n(C3CC3)c12. The first-order valence-corrected chi connectivity index (χ1v) is 9.14. The lowest BCUT2D eigenvalue weighted by molar-refractivity contribution is 0.597. The van der Waals surface area contributed by atoms with Gasteiger partial charge in [-0.05, 0) is 53.4 Å². The van der Waals surface area contributed by atoms with E-state index in [-0.39, 0.29) is 10.9 Å². The first kappa shape index (κ1) is 14.7. The van der Waals surface area contributed by atoms with Crippen LogP contribution < -0.4 is 5.56 Å². The van der Waals surface area contributed by atoms with Crippen LogP contribution in [0.4, 0.5) is 4.39 Å². The molecular weight excluding hydrogens is 361 g/mol. The number of hydrogen-bond donors (Lipinski definition) is 0. The van der Waals surface area contributed by atoms with E-state index >= 15 is 0 Å². The van der Waals surface area contributed by atoms with Crippen molar-refractivity contribution in [3.63, 3.8) is 0 Å². The van der Waals surface area contributed by atoms with Gasteiger partial charge in [0.25, 0.3) is 5.56 Å². The molecule has 1 aromatic carbocycles. The van der Waals surface area contributed by atoms with Crippen LogP contribution in [0.5, 0.6) is 0 Å². The van der Waals surface area contributed by atoms with Crippen LogP contribution in [0.1, 0.15) is 24.4 Å². The molecule has 0 aliphatic heterocycles. The third-order valence-corrected chi connectivity index (χ3v) is 5.78. The third kappa shape index (κ3) is 2.32. The molecule has 1 fully saturated rings. The van der Waals surface area contributed by atoms with Crippen molar-refractivity contribution in [3.8, 4) is 0 Å². The van der Waals surface area contributed by atoms with Crippen LogP contribution in [0.25, 0.3) is 10.9 Å². The first-order valence-electron chi connectivity index (χ1n) is 6.45. The van der Waals surface area contributed by atoms with Crippen molar-refractivity contribution >= 4 is 36.7 Å². The second-order valence-electron chi connectivity index (χ2n) is 5.42. The molecule has 1 heterocycles. The molecule has 1 aromatic heterocycles. The maximum atomic E-state index is 13.9. The van der Waals surface area contributed by atoms with Gasteiger partial charge in [0, 0.05) is 17.7 Å². The zero-order chi connectivity index (χ0) is 15.5. The summed E-state index contributed by atoms with van der Waals surface area (Å²) < 4.78 is 39.3. The molecule has 0 amide bonds. The van der Waals surface area contributed by atoms with Crippen LogP contribution in [0.3, 0.4) is 0 Å². The summed E-state index contributed by atoms with van der Waals surface area (Å²) in [6.07, 6.45) is 2.65. The molecule has 3 rings (SSSR count). The number of rotatable bonds is 2. The molecule has 1 saturated carbocycles. The van der Waals surface area contributed by atoms with E-state index in [0.29, 0.717) is 20.9 Å². The van der Waals surface area contributed by atoms with Crippen molar-refractivity contribution in [2.45, 2.75) is 30.7 Å². The highest BCUT2D eigenvalue weighted by atomic mass is 79.9. The number of aromatic nitrogens is 1. The minimum absolute atomic E-state index is 0.00207. The maximum Gasteiger partial charge on any atom is 0.270 e. The average Bonchev–Trinajstić information content (AvgIpc) is 3.19. The molecule has 0 bridgehead atoms. The Kier molecular flexibility index (Phi) is 3.25. The molecule has 2 aromatic rings. The van der Waals surface area contributed by atoms with Gasteiger partial charge < -0.3 is 4.57 Å². The van der Waals surface area contributed by atoms with E-state index in [0.717, 1.165) is 19.1 Å². The Morgan fingerprint density at radius 3 is 2.48 bits per heavy atom. The number of fused-ring (bicyclic) bond motifs is 1. The molecular formula is C14H13BrFNO3S. The summed E-state index contributed by atoms with van der Waals surface area (Å²) in [5, 5.41) is 0.431. The number of halogens is 2. The zero-order valence-electron chi connectivity index (χ0n) is 11.5. The summed E-state index contributed by atoms with van der Waals surface area (Å²) in [7, 11) is -3.66. The summed E-state index contributed by atoms with van der Waals surface area (Å²) >= 11 is 3.18. The lowest BCUT2D eigenvalue weighted by Gasteiger charge is -2.15. The van der Waals surface area contributed by atoms with E-state index in [1.807, 2.05) is 0 Å². The molecule has 0 atom stereocenters. The fourth-order valence-corrected chi connectivity index (χ4v) is 3.63. The average molecular weight is 374 g/mol. The number of nitrogens with zero attached hydrogens (tertiary/aromatic N) is 1. The predicted octanol–water partition coefficient (Wildman–Crippen LogP) is 2.95. The van der Waals surface area contributed by atoms with Gasteiger partial charge in [-0.25, -0.2) is 12.8 Å². The van der Waals surface area contributed by atoms with Crippen LogP contribution in [0.2, 0.25) is 0 Å². The second kappa shape index (κ2) is 4.64.